The van der Waals surface area contributed by atoms with Crippen molar-refractivity contribution in [1.29, 1.82) is 0 Å². The van der Waals surface area contributed by atoms with E-state index in [2.05, 4.69) is 0 Å². The summed E-state index contributed by atoms with van der Waals surface area (Å²) in [5.74, 6) is 0.331. The fourth-order valence-corrected chi connectivity index (χ4v) is 2.13. The lowest BCUT2D eigenvalue weighted by Gasteiger charge is -2.08. The summed E-state index contributed by atoms with van der Waals surface area (Å²) in [5.41, 5.74) is 8.20. The molecule has 2 aromatic rings. The molecule has 5 nitrogen and oxygen atoms in total. The van der Waals surface area contributed by atoms with E-state index < -0.39 is 4.92 Å². The molecule has 2 rings (SSSR count). The molecule has 110 valence electrons. The summed E-state index contributed by atoms with van der Waals surface area (Å²) in [6.07, 6.45) is 1.63. The van der Waals surface area contributed by atoms with E-state index in [1.807, 2.05) is 24.3 Å². The van der Waals surface area contributed by atoms with Gasteiger partial charge >= 0.3 is 5.69 Å². The molecule has 2 N–H and O–H groups in total. The average molecular weight is 286 g/mol. The Bertz CT molecular complexity index is 624. The molecule has 0 aromatic heterocycles. The van der Waals surface area contributed by atoms with Gasteiger partial charge in [0.2, 0.25) is 0 Å². The molecule has 0 saturated carbocycles. The molecule has 0 fully saturated rings. The Morgan fingerprint density at radius 3 is 2.57 bits per heavy atom. The molecule has 0 heterocycles. The van der Waals surface area contributed by atoms with Crippen LogP contribution >= 0.6 is 0 Å². The predicted molar refractivity (Wildman–Crippen MR) is 82.5 cm³/mol. The summed E-state index contributed by atoms with van der Waals surface area (Å²) in [4.78, 5) is 10.6. The van der Waals surface area contributed by atoms with Gasteiger partial charge in [-0.3, -0.25) is 10.1 Å². The first-order valence-corrected chi connectivity index (χ1v) is 6.79. The van der Waals surface area contributed by atoms with Crippen molar-refractivity contribution < 1.29 is 9.66 Å². The van der Waals surface area contributed by atoms with Crippen LogP contribution in [0.4, 0.5) is 11.4 Å². The van der Waals surface area contributed by atoms with Crippen molar-refractivity contribution in [2.45, 2.75) is 19.8 Å². The molecule has 5 heteroatoms. The molecule has 0 aliphatic heterocycles. The lowest BCUT2D eigenvalue weighted by atomic mass is 10.1. The van der Waals surface area contributed by atoms with Crippen LogP contribution in [0.3, 0.4) is 0 Å². The van der Waals surface area contributed by atoms with Crippen molar-refractivity contribution in [2.24, 2.45) is 0 Å². The number of hydrogen-bond acceptors (Lipinski definition) is 4. The number of ether oxygens (including phenoxy) is 1. The maximum absolute atomic E-state index is 11.0. The second-order valence-electron chi connectivity index (χ2n) is 4.87. The van der Waals surface area contributed by atoms with Crippen LogP contribution in [0.1, 0.15) is 17.5 Å². The van der Waals surface area contributed by atoms with E-state index in [-0.39, 0.29) is 5.69 Å². The zero-order valence-electron chi connectivity index (χ0n) is 11.9. The Balaban J connectivity index is 1.90. The maximum atomic E-state index is 11.0. The topological polar surface area (TPSA) is 78.4 Å². The van der Waals surface area contributed by atoms with Crippen molar-refractivity contribution in [3.8, 4) is 5.75 Å². The summed E-state index contributed by atoms with van der Waals surface area (Å²) in [5, 5.41) is 11.0. The Hall–Kier alpha value is -2.56. The minimum absolute atomic E-state index is 0.0463. The molecular weight excluding hydrogens is 268 g/mol. The van der Waals surface area contributed by atoms with E-state index in [9.17, 15) is 10.1 Å². The smallest absolute Gasteiger partial charge is 0.313 e. The quantitative estimate of drug-likeness (QED) is 0.381. The van der Waals surface area contributed by atoms with Crippen LogP contribution in [0.25, 0.3) is 0 Å². The Morgan fingerprint density at radius 2 is 1.90 bits per heavy atom. The van der Waals surface area contributed by atoms with Gasteiger partial charge in [0.15, 0.2) is 5.75 Å². The first-order chi connectivity index (χ1) is 10.1. The van der Waals surface area contributed by atoms with Crippen LogP contribution in [0.5, 0.6) is 5.75 Å². The van der Waals surface area contributed by atoms with Gasteiger partial charge in [0.05, 0.1) is 11.5 Å². The number of hydrogen-bond donors (Lipinski definition) is 1. The molecule has 0 saturated heterocycles. The number of para-hydroxylation sites is 1. The van der Waals surface area contributed by atoms with E-state index in [0.29, 0.717) is 17.9 Å². The van der Waals surface area contributed by atoms with Crippen LogP contribution in [-0.4, -0.2) is 11.5 Å². The number of nitrogen functional groups attached to an aromatic ring is 1. The highest BCUT2D eigenvalue weighted by molar-refractivity contribution is 5.52. The summed E-state index contributed by atoms with van der Waals surface area (Å²) < 4.78 is 5.56. The van der Waals surface area contributed by atoms with Gasteiger partial charge in [0.25, 0.3) is 0 Å². The number of anilines is 1. The summed E-state index contributed by atoms with van der Waals surface area (Å²) >= 11 is 0. The number of aryl methyl sites for hydroxylation is 2. The zero-order chi connectivity index (χ0) is 15.2. The lowest BCUT2D eigenvalue weighted by Crippen LogP contribution is -2.03. The Labute approximate surface area is 123 Å². The number of benzene rings is 2. The van der Waals surface area contributed by atoms with Gasteiger partial charge in [-0.1, -0.05) is 24.3 Å². The fraction of sp³-hybridized carbons (Fsp3) is 0.250. The van der Waals surface area contributed by atoms with Crippen molar-refractivity contribution in [1.82, 2.24) is 0 Å². The third kappa shape index (κ3) is 3.95. The van der Waals surface area contributed by atoms with Crippen molar-refractivity contribution in [3.63, 3.8) is 0 Å². The molecule has 0 bridgehead atoms. The molecule has 0 aliphatic carbocycles. The minimum Gasteiger partial charge on any atom is -0.487 e. The highest BCUT2D eigenvalue weighted by Crippen LogP contribution is 2.30. The van der Waals surface area contributed by atoms with E-state index >= 15 is 0 Å². The molecule has 0 unspecified atom stereocenters. The third-order valence-corrected chi connectivity index (χ3v) is 3.23. The van der Waals surface area contributed by atoms with Gasteiger partial charge in [-0.15, -0.1) is 0 Å². The summed E-state index contributed by atoms with van der Waals surface area (Å²) in [7, 11) is 0. The normalized spacial score (nSPS) is 10.3. The largest absolute Gasteiger partial charge is 0.487 e. The lowest BCUT2D eigenvalue weighted by molar-refractivity contribution is -0.386. The number of nitrogens with two attached hydrogens (primary N) is 1. The molecule has 21 heavy (non-hydrogen) atoms. The Morgan fingerprint density at radius 1 is 1.19 bits per heavy atom. The molecule has 0 amide bonds. The fourth-order valence-electron chi connectivity index (χ4n) is 2.13. The second-order valence-corrected chi connectivity index (χ2v) is 4.87. The highest BCUT2D eigenvalue weighted by atomic mass is 16.6. The van der Waals surface area contributed by atoms with E-state index in [4.69, 9.17) is 10.5 Å². The van der Waals surface area contributed by atoms with Gasteiger partial charge in [-0.25, -0.2) is 0 Å². The van der Waals surface area contributed by atoms with E-state index in [1.54, 1.807) is 25.1 Å². The van der Waals surface area contributed by atoms with Gasteiger partial charge < -0.3 is 10.5 Å². The zero-order valence-corrected chi connectivity index (χ0v) is 11.9. The van der Waals surface area contributed by atoms with E-state index in [0.717, 1.165) is 18.5 Å². The van der Waals surface area contributed by atoms with Gasteiger partial charge in [-0.05, 0) is 43.5 Å². The second kappa shape index (κ2) is 6.74. The number of nitro groups is 1. The molecule has 0 aliphatic rings. The third-order valence-electron chi connectivity index (χ3n) is 3.23. The average Bonchev–Trinajstić information content (AvgIpc) is 2.45. The molecule has 0 spiro atoms. The van der Waals surface area contributed by atoms with E-state index in [1.165, 1.54) is 5.56 Å². The van der Waals surface area contributed by atoms with Crippen LogP contribution in [0, 0.1) is 17.0 Å². The minimum atomic E-state index is -0.398. The van der Waals surface area contributed by atoms with Gasteiger partial charge in [-0.2, -0.15) is 0 Å². The SMILES string of the molecule is Cc1cccc(OCCCc2ccc(N)cc2)c1[N+](=O)[O-]. The first-order valence-electron chi connectivity index (χ1n) is 6.79. The summed E-state index contributed by atoms with van der Waals surface area (Å²) in [6, 6.07) is 12.8. The molecule has 0 atom stereocenters. The number of nitrogens with zero attached hydrogens (tertiary/aromatic N) is 1. The number of rotatable bonds is 6. The van der Waals surface area contributed by atoms with Gasteiger partial charge in [0.1, 0.15) is 0 Å². The van der Waals surface area contributed by atoms with Gasteiger partial charge in [0, 0.05) is 11.3 Å². The van der Waals surface area contributed by atoms with Crippen molar-refractivity contribution in [3.05, 3.63) is 63.7 Å². The molecule has 0 radical (unpaired) electrons. The van der Waals surface area contributed by atoms with Crippen molar-refractivity contribution >= 4 is 11.4 Å². The molecular formula is C16H18N2O3. The monoisotopic (exact) mass is 286 g/mol. The Kier molecular flexibility index (Phi) is 4.77. The first kappa shape index (κ1) is 14.8. The highest BCUT2D eigenvalue weighted by Gasteiger charge is 2.17. The summed E-state index contributed by atoms with van der Waals surface area (Å²) in [6.45, 7) is 2.15. The van der Waals surface area contributed by atoms with Crippen LogP contribution in [0.2, 0.25) is 0 Å². The standard InChI is InChI=1S/C16H18N2O3/c1-12-4-2-6-15(16(12)18(19)20)21-11-3-5-13-7-9-14(17)10-8-13/h2,4,6-10H,3,5,11,17H2,1H3. The van der Waals surface area contributed by atoms with Crippen LogP contribution in [-0.2, 0) is 6.42 Å². The molecule has 2 aromatic carbocycles. The van der Waals surface area contributed by atoms with Crippen molar-refractivity contribution in [2.75, 3.05) is 12.3 Å². The number of nitro benzene ring substituents is 1. The van der Waals surface area contributed by atoms with Crippen LogP contribution < -0.4 is 10.5 Å². The maximum Gasteiger partial charge on any atom is 0.313 e. The predicted octanol–water partition coefficient (Wildman–Crippen LogP) is 3.50. The van der Waals surface area contributed by atoms with Crippen LogP contribution in [0.15, 0.2) is 42.5 Å².